The first kappa shape index (κ1) is 14.4. The number of nitrogens with one attached hydrogen (secondary N) is 1. The van der Waals surface area contributed by atoms with Crippen molar-refractivity contribution in [3.05, 3.63) is 29.8 Å². The third-order valence-corrected chi connectivity index (χ3v) is 4.55. The van der Waals surface area contributed by atoms with E-state index in [9.17, 15) is 0 Å². The molecule has 1 aromatic carbocycles. The fraction of sp³-hybridized carbons (Fsp3) is 0.667. The lowest BCUT2D eigenvalue weighted by Crippen LogP contribution is -2.29. The molecule has 1 nitrogen and oxygen atoms in total. The SMILES string of the molecule is CCCc1ccccc1NC1CCCC(C(C)C)C1. The van der Waals surface area contributed by atoms with Crippen molar-refractivity contribution < 1.29 is 0 Å². The Morgan fingerprint density at radius 3 is 2.74 bits per heavy atom. The maximum absolute atomic E-state index is 3.82. The number of hydrogen-bond acceptors (Lipinski definition) is 1. The Morgan fingerprint density at radius 1 is 1.21 bits per heavy atom. The van der Waals surface area contributed by atoms with E-state index in [1.54, 1.807) is 0 Å². The van der Waals surface area contributed by atoms with Crippen LogP contribution in [0.25, 0.3) is 0 Å². The second-order valence-corrected chi connectivity index (χ2v) is 6.42. The fourth-order valence-electron chi connectivity index (χ4n) is 3.33. The molecule has 2 rings (SSSR count). The predicted octanol–water partition coefficient (Wildman–Crippen LogP) is 5.27. The van der Waals surface area contributed by atoms with Gasteiger partial charge in [0.2, 0.25) is 0 Å². The fourth-order valence-corrected chi connectivity index (χ4v) is 3.33. The number of benzene rings is 1. The average Bonchev–Trinajstić information content (AvgIpc) is 2.41. The molecule has 1 saturated carbocycles. The highest BCUT2D eigenvalue weighted by molar-refractivity contribution is 5.51. The van der Waals surface area contributed by atoms with E-state index in [2.05, 4.69) is 50.4 Å². The van der Waals surface area contributed by atoms with Crippen molar-refractivity contribution in [1.29, 1.82) is 0 Å². The summed E-state index contributed by atoms with van der Waals surface area (Å²) in [5, 5.41) is 3.82. The van der Waals surface area contributed by atoms with Crippen LogP contribution in [-0.2, 0) is 6.42 Å². The largest absolute Gasteiger partial charge is 0.382 e. The summed E-state index contributed by atoms with van der Waals surface area (Å²) < 4.78 is 0. The van der Waals surface area contributed by atoms with E-state index in [1.807, 2.05) is 0 Å². The molecule has 1 heteroatoms. The molecule has 1 N–H and O–H groups in total. The van der Waals surface area contributed by atoms with Crippen LogP contribution in [-0.4, -0.2) is 6.04 Å². The Kier molecular flexibility index (Phi) is 5.30. The molecule has 0 bridgehead atoms. The summed E-state index contributed by atoms with van der Waals surface area (Å²) in [5.74, 6) is 1.74. The van der Waals surface area contributed by atoms with Gasteiger partial charge in [0.15, 0.2) is 0 Å². The summed E-state index contributed by atoms with van der Waals surface area (Å²) in [6, 6.07) is 9.52. The Balaban J connectivity index is 2.00. The van der Waals surface area contributed by atoms with Crippen molar-refractivity contribution in [2.45, 2.75) is 65.3 Å². The quantitative estimate of drug-likeness (QED) is 0.760. The number of anilines is 1. The van der Waals surface area contributed by atoms with Crippen LogP contribution in [0.5, 0.6) is 0 Å². The van der Waals surface area contributed by atoms with Crippen molar-refractivity contribution in [2.24, 2.45) is 11.8 Å². The molecule has 2 unspecified atom stereocenters. The van der Waals surface area contributed by atoms with Crippen molar-refractivity contribution in [2.75, 3.05) is 5.32 Å². The molecule has 0 spiro atoms. The number of rotatable bonds is 5. The van der Waals surface area contributed by atoms with Crippen molar-refractivity contribution >= 4 is 5.69 Å². The van der Waals surface area contributed by atoms with Gasteiger partial charge in [0.1, 0.15) is 0 Å². The second kappa shape index (κ2) is 6.98. The van der Waals surface area contributed by atoms with E-state index >= 15 is 0 Å². The van der Waals surface area contributed by atoms with Crippen LogP contribution in [0.1, 0.15) is 58.4 Å². The molecule has 0 saturated heterocycles. The predicted molar refractivity (Wildman–Crippen MR) is 84.6 cm³/mol. The first-order valence-electron chi connectivity index (χ1n) is 8.05. The summed E-state index contributed by atoms with van der Waals surface area (Å²) in [7, 11) is 0. The second-order valence-electron chi connectivity index (χ2n) is 6.42. The van der Waals surface area contributed by atoms with Crippen LogP contribution >= 0.6 is 0 Å². The maximum atomic E-state index is 3.82. The highest BCUT2D eigenvalue weighted by atomic mass is 14.9. The minimum Gasteiger partial charge on any atom is -0.382 e. The van der Waals surface area contributed by atoms with E-state index in [0.717, 1.165) is 11.8 Å². The van der Waals surface area contributed by atoms with Gasteiger partial charge in [-0.15, -0.1) is 0 Å². The number of aryl methyl sites for hydroxylation is 1. The molecule has 0 heterocycles. The molecule has 1 aromatic rings. The Bertz CT molecular complexity index is 383. The third-order valence-electron chi connectivity index (χ3n) is 4.55. The molecule has 19 heavy (non-hydrogen) atoms. The molecule has 1 fully saturated rings. The molecule has 106 valence electrons. The van der Waals surface area contributed by atoms with Gasteiger partial charge in [0.25, 0.3) is 0 Å². The molecule has 0 radical (unpaired) electrons. The van der Waals surface area contributed by atoms with E-state index in [4.69, 9.17) is 0 Å². The van der Waals surface area contributed by atoms with Crippen LogP contribution in [0.3, 0.4) is 0 Å². The summed E-state index contributed by atoms with van der Waals surface area (Å²) in [6.07, 6.45) is 7.90. The van der Waals surface area contributed by atoms with Crippen LogP contribution in [0, 0.1) is 11.8 Å². The molecular weight excluding hydrogens is 230 g/mol. The van der Waals surface area contributed by atoms with E-state index in [0.29, 0.717) is 6.04 Å². The lowest BCUT2D eigenvalue weighted by atomic mass is 9.79. The highest BCUT2D eigenvalue weighted by Crippen LogP contribution is 2.32. The number of para-hydroxylation sites is 1. The van der Waals surface area contributed by atoms with Gasteiger partial charge in [-0.2, -0.15) is 0 Å². The summed E-state index contributed by atoms with van der Waals surface area (Å²) in [6.45, 7) is 7.00. The molecule has 2 atom stereocenters. The van der Waals surface area contributed by atoms with Crippen LogP contribution < -0.4 is 5.32 Å². The normalized spacial score (nSPS) is 23.6. The van der Waals surface area contributed by atoms with Gasteiger partial charge in [-0.1, -0.05) is 58.2 Å². The lowest BCUT2D eigenvalue weighted by molar-refractivity contribution is 0.264. The smallest absolute Gasteiger partial charge is 0.0374 e. The zero-order valence-corrected chi connectivity index (χ0v) is 12.8. The number of hydrogen-bond donors (Lipinski definition) is 1. The van der Waals surface area contributed by atoms with Gasteiger partial charge in [-0.3, -0.25) is 0 Å². The van der Waals surface area contributed by atoms with Gasteiger partial charge in [0, 0.05) is 11.7 Å². The Morgan fingerprint density at radius 2 is 2.00 bits per heavy atom. The third kappa shape index (κ3) is 3.99. The summed E-state index contributed by atoms with van der Waals surface area (Å²) in [4.78, 5) is 0. The lowest BCUT2D eigenvalue weighted by Gasteiger charge is -2.33. The van der Waals surface area contributed by atoms with Crippen molar-refractivity contribution in [3.63, 3.8) is 0 Å². The van der Waals surface area contributed by atoms with Crippen LogP contribution in [0.15, 0.2) is 24.3 Å². The van der Waals surface area contributed by atoms with Gasteiger partial charge in [0.05, 0.1) is 0 Å². The Labute approximate surface area is 118 Å². The zero-order chi connectivity index (χ0) is 13.7. The molecule has 0 amide bonds. The molecule has 1 aliphatic rings. The minimum absolute atomic E-state index is 0.680. The average molecular weight is 259 g/mol. The zero-order valence-electron chi connectivity index (χ0n) is 12.8. The molecule has 1 aliphatic carbocycles. The summed E-state index contributed by atoms with van der Waals surface area (Å²) >= 11 is 0. The summed E-state index contributed by atoms with van der Waals surface area (Å²) in [5.41, 5.74) is 2.86. The van der Waals surface area contributed by atoms with Gasteiger partial charge in [-0.05, 0) is 42.7 Å². The molecule has 0 aliphatic heterocycles. The van der Waals surface area contributed by atoms with E-state index < -0.39 is 0 Å². The van der Waals surface area contributed by atoms with E-state index in [-0.39, 0.29) is 0 Å². The van der Waals surface area contributed by atoms with Crippen molar-refractivity contribution in [3.8, 4) is 0 Å². The minimum atomic E-state index is 0.680. The van der Waals surface area contributed by atoms with Crippen LogP contribution in [0.4, 0.5) is 5.69 Å². The molecule has 0 aromatic heterocycles. The van der Waals surface area contributed by atoms with E-state index in [1.165, 1.54) is 49.8 Å². The first-order chi connectivity index (χ1) is 9.20. The molecular formula is C18H29N. The Hall–Kier alpha value is -0.980. The van der Waals surface area contributed by atoms with Gasteiger partial charge in [-0.25, -0.2) is 0 Å². The highest BCUT2D eigenvalue weighted by Gasteiger charge is 2.24. The van der Waals surface area contributed by atoms with Crippen LogP contribution in [0.2, 0.25) is 0 Å². The van der Waals surface area contributed by atoms with Crippen molar-refractivity contribution in [1.82, 2.24) is 0 Å². The maximum Gasteiger partial charge on any atom is 0.0374 e. The monoisotopic (exact) mass is 259 g/mol. The standard InChI is InChI=1S/C18H29N/c1-4-8-15-9-5-6-12-18(15)19-17-11-7-10-16(13-17)14(2)3/h5-6,9,12,14,16-17,19H,4,7-8,10-11,13H2,1-3H3. The van der Waals surface area contributed by atoms with Gasteiger partial charge < -0.3 is 5.32 Å². The van der Waals surface area contributed by atoms with Gasteiger partial charge >= 0.3 is 0 Å². The topological polar surface area (TPSA) is 12.0 Å². The first-order valence-corrected chi connectivity index (χ1v) is 8.05.